The van der Waals surface area contributed by atoms with Crippen LogP contribution in [-0.4, -0.2) is 13.4 Å². The summed E-state index contributed by atoms with van der Waals surface area (Å²) in [5.74, 6) is 0.922. The van der Waals surface area contributed by atoms with Gasteiger partial charge in [-0.25, -0.2) is 0 Å². The summed E-state index contributed by atoms with van der Waals surface area (Å²) in [7, 11) is 2.23. The maximum absolute atomic E-state index is 11.3. The number of methoxy groups -OCH3 is 1. The van der Waals surface area contributed by atoms with E-state index < -0.39 is 0 Å². The standard InChI is InChI=1S/C19H23O2P/c1-5-19(3,16-12-14(2)10-11-17(16)21-4)22-18-9-7-6-8-15(18)13-20/h6-13,22H,5H2,1-4H3. The van der Waals surface area contributed by atoms with Crippen LogP contribution in [0.3, 0.4) is 0 Å². The van der Waals surface area contributed by atoms with Crippen molar-refractivity contribution in [3.8, 4) is 5.75 Å². The Labute approximate surface area is 134 Å². The second-order valence-electron chi connectivity index (χ2n) is 5.72. The Morgan fingerprint density at radius 2 is 1.95 bits per heavy atom. The van der Waals surface area contributed by atoms with Gasteiger partial charge in [0.15, 0.2) is 6.29 Å². The SMILES string of the molecule is CCC(C)(Pc1ccccc1C=O)c1cc(C)ccc1OC. The number of ether oxygens (including phenoxy) is 1. The predicted octanol–water partition coefficient (Wildman–Crippen LogP) is 4.45. The Bertz CT molecular complexity index is 666. The van der Waals surface area contributed by atoms with Crippen molar-refractivity contribution in [1.82, 2.24) is 0 Å². The van der Waals surface area contributed by atoms with Crippen molar-refractivity contribution in [2.24, 2.45) is 0 Å². The van der Waals surface area contributed by atoms with Crippen LogP contribution in [0.25, 0.3) is 0 Å². The molecule has 0 fully saturated rings. The minimum atomic E-state index is -0.0452. The third kappa shape index (κ3) is 3.39. The zero-order valence-corrected chi connectivity index (χ0v) is 14.6. The molecule has 0 heterocycles. The van der Waals surface area contributed by atoms with Gasteiger partial charge in [-0.2, -0.15) is 0 Å². The highest BCUT2D eigenvalue weighted by atomic mass is 31.1. The van der Waals surface area contributed by atoms with Crippen LogP contribution in [0, 0.1) is 6.92 Å². The first-order valence-electron chi connectivity index (χ1n) is 7.51. The summed E-state index contributed by atoms with van der Waals surface area (Å²) in [6.45, 7) is 6.55. The van der Waals surface area contributed by atoms with Crippen LogP contribution in [0.5, 0.6) is 5.75 Å². The summed E-state index contributed by atoms with van der Waals surface area (Å²) in [5.41, 5.74) is 3.23. The molecule has 0 spiro atoms. The molecule has 0 aliphatic heterocycles. The maximum Gasteiger partial charge on any atom is 0.150 e. The molecule has 2 aromatic rings. The summed E-state index contributed by atoms with van der Waals surface area (Å²) in [6.07, 6.45) is 1.93. The molecule has 0 N–H and O–H groups in total. The second kappa shape index (κ2) is 7.07. The van der Waals surface area contributed by atoms with Gasteiger partial charge in [0.2, 0.25) is 0 Å². The average Bonchev–Trinajstić information content (AvgIpc) is 2.55. The Balaban J connectivity index is 2.49. The van der Waals surface area contributed by atoms with Crippen LogP contribution in [0.2, 0.25) is 0 Å². The van der Waals surface area contributed by atoms with E-state index in [9.17, 15) is 4.79 Å². The van der Waals surface area contributed by atoms with Gasteiger partial charge >= 0.3 is 0 Å². The van der Waals surface area contributed by atoms with E-state index in [0.717, 1.165) is 29.3 Å². The molecule has 0 bridgehead atoms. The van der Waals surface area contributed by atoms with Gasteiger partial charge in [0.1, 0.15) is 5.75 Å². The van der Waals surface area contributed by atoms with Gasteiger partial charge in [0.25, 0.3) is 0 Å². The van der Waals surface area contributed by atoms with E-state index in [1.54, 1.807) is 7.11 Å². The zero-order valence-electron chi connectivity index (χ0n) is 13.6. The summed E-state index contributed by atoms with van der Waals surface area (Å²) in [5, 5.41) is 1.07. The molecule has 2 unspecified atom stereocenters. The number of carbonyl (C=O) groups excluding carboxylic acids is 1. The van der Waals surface area contributed by atoms with E-state index in [0.29, 0.717) is 8.58 Å². The second-order valence-corrected chi connectivity index (χ2v) is 7.61. The van der Waals surface area contributed by atoms with Crippen LogP contribution in [0.1, 0.15) is 41.8 Å². The van der Waals surface area contributed by atoms with Crippen LogP contribution in [0.4, 0.5) is 0 Å². The molecular formula is C19H23O2P. The van der Waals surface area contributed by atoms with Crippen molar-refractivity contribution in [3.05, 3.63) is 59.2 Å². The lowest BCUT2D eigenvalue weighted by molar-refractivity contribution is 0.112. The lowest BCUT2D eigenvalue weighted by Crippen LogP contribution is -2.21. The molecule has 0 aromatic heterocycles. The molecule has 0 saturated carbocycles. The van der Waals surface area contributed by atoms with E-state index >= 15 is 0 Å². The predicted molar refractivity (Wildman–Crippen MR) is 95.2 cm³/mol. The first kappa shape index (κ1) is 16.7. The van der Waals surface area contributed by atoms with Crippen LogP contribution < -0.4 is 10.0 Å². The molecule has 0 amide bonds. The largest absolute Gasteiger partial charge is 0.496 e. The van der Waals surface area contributed by atoms with Crippen molar-refractivity contribution >= 4 is 20.2 Å². The quantitative estimate of drug-likeness (QED) is 0.582. The molecule has 22 heavy (non-hydrogen) atoms. The fourth-order valence-electron chi connectivity index (χ4n) is 2.61. The third-order valence-corrected chi connectivity index (χ3v) is 6.05. The van der Waals surface area contributed by atoms with Gasteiger partial charge in [-0.15, -0.1) is 0 Å². The fourth-order valence-corrected chi connectivity index (χ4v) is 4.18. The van der Waals surface area contributed by atoms with E-state index in [2.05, 4.69) is 39.0 Å². The minimum absolute atomic E-state index is 0.0452. The summed E-state index contributed by atoms with van der Waals surface area (Å²) >= 11 is 0. The van der Waals surface area contributed by atoms with E-state index in [4.69, 9.17) is 4.74 Å². The lowest BCUT2D eigenvalue weighted by atomic mass is 9.95. The summed E-state index contributed by atoms with van der Waals surface area (Å²) in [4.78, 5) is 11.3. The van der Waals surface area contributed by atoms with Gasteiger partial charge in [0.05, 0.1) is 7.11 Å². The van der Waals surface area contributed by atoms with Crippen LogP contribution in [-0.2, 0) is 5.16 Å². The highest BCUT2D eigenvalue weighted by Crippen LogP contribution is 2.47. The topological polar surface area (TPSA) is 26.3 Å². The zero-order chi connectivity index (χ0) is 16.2. The molecule has 116 valence electrons. The number of carbonyl (C=O) groups is 1. The monoisotopic (exact) mass is 314 g/mol. The van der Waals surface area contributed by atoms with E-state index in [-0.39, 0.29) is 5.16 Å². The summed E-state index contributed by atoms with van der Waals surface area (Å²) in [6, 6.07) is 14.2. The number of hydrogen-bond donors (Lipinski definition) is 0. The van der Waals surface area contributed by atoms with Gasteiger partial charge in [0, 0.05) is 16.3 Å². The molecule has 0 aliphatic carbocycles. The van der Waals surface area contributed by atoms with E-state index in [1.165, 1.54) is 11.1 Å². The normalized spacial score (nSPS) is 14.0. The highest BCUT2D eigenvalue weighted by molar-refractivity contribution is 7.48. The minimum Gasteiger partial charge on any atom is -0.496 e. The molecule has 0 radical (unpaired) electrons. The Morgan fingerprint density at radius 3 is 2.59 bits per heavy atom. The first-order chi connectivity index (χ1) is 10.5. The molecule has 2 aromatic carbocycles. The number of hydrogen-bond acceptors (Lipinski definition) is 2. The Hall–Kier alpha value is -1.66. The van der Waals surface area contributed by atoms with Crippen LogP contribution >= 0.6 is 8.58 Å². The Kier molecular flexibility index (Phi) is 5.37. The van der Waals surface area contributed by atoms with Gasteiger partial charge in [-0.05, 0) is 24.7 Å². The average molecular weight is 314 g/mol. The molecule has 2 nitrogen and oxygen atoms in total. The number of benzene rings is 2. The highest BCUT2D eigenvalue weighted by Gasteiger charge is 2.29. The van der Waals surface area contributed by atoms with Crippen molar-refractivity contribution in [2.45, 2.75) is 32.3 Å². The van der Waals surface area contributed by atoms with Crippen molar-refractivity contribution in [2.75, 3.05) is 7.11 Å². The number of rotatable bonds is 6. The number of aryl methyl sites for hydroxylation is 1. The van der Waals surface area contributed by atoms with Gasteiger partial charge in [-0.1, -0.05) is 64.4 Å². The molecule has 3 heteroatoms. The molecular weight excluding hydrogens is 291 g/mol. The van der Waals surface area contributed by atoms with Crippen LogP contribution in [0.15, 0.2) is 42.5 Å². The third-order valence-electron chi connectivity index (χ3n) is 4.15. The smallest absolute Gasteiger partial charge is 0.150 e. The summed E-state index contributed by atoms with van der Waals surface area (Å²) < 4.78 is 5.58. The molecule has 0 saturated heterocycles. The van der Waals surface area contributed by atoms with Crippen molar-refractivity contribution in [3.63, 3.8) is 0 Å². The van der Waals surface area contributed by atoms with E-state index in [1.807, 2.05) is 24.3 Å². The molecule has 0 aliphatic rings. The molecule has 2 rings (SSSR count). The van der Waals surface area contributed by atoms with Gasteiger partial charge < -0.3 is 4.74 Å². The maximum atomic E-state index is 11.3. The van der Waals surface area contributed by atoms with Crippen molar-refractivity contribution in [1.29, 1.82) is 0 Å². The lowest BCUT2D eigenvalue weighted by Gasteiger charge is -2.31. The Morgan fingerprint density at radius 1 is 1.23 bits per heavy atom. The molecule has 2 atom stereocenters. The first-order valence-corrected chi connectivity index (χ1v) is 8.51. The number of aldehydes is 1. The van der Waals surface area contributed by atoms with Crippen molar-refractivity contribution < 1.29 is 9.53 Å². The van der Waals surface area contributed by atoms with Gasteiger partial charge in [-0.3, -0.25) is 4.79 Å². The fraction of sp³-hybridized carbons (Fsp3) is 0.316.